The van der Waals surface area contributed by atoms with Gasteiger partial charge in [0.15, 0.2) is 0 Å². The van der Waals surface area contributed by atoms with E-state index in [2.05, 4.69) is 51.7 Å². The maximum absolute atomic E-state index is 12.7. The van der Waals surface area contributed by atoms with Gasteiger partial charge in [0.1, 0.15) is 17.2 Å². The summed E-state index contributed by atoms with van der Waals surface area (Å²) in [7, 11) is 3.75. The van der Waals surface area contributed by atoms with Gasteiger partial charge < -0.3 is 30.3 Å². The number of amides is 1. The molecule has 3 aromatic carbocycles. The van der Waals surface area contributed by atoms with Crippen molar-refractivity contribution in [3.05, 3.63) is 77.9 Å². The molecule has 1 heterocycles. The van der Waals surface area contributed by atoms with Crippen molar-refractivity contribution < 1.29 is 14.6 Å². The number of para-hydroxylation sites is 1. The fourth-order valence-corrected chi connectivity index (χ4v) is 4.07. The monoisotopic (exact) mass is 460 g/mol. The van der Waals surface area contributed by atoms with Gasteiger partial charge in [-0.3, -0.25) is 4.79 Å². The summed E-state index contributed by atoms with van der Waals surface area (Å²) in [4.78, 5) is 17.5. The van der Waals surface area contributed by atoms with Crippen molar-refractivity contribution in [1.29, 1.82) is 0 Å². The van der Waals surface area contributed by atoms with E-state index < -0.39 is 0 Å². The number of anilines is 3. The molecule has 34 heavy (non-hydrogen) atoms. The van der Waals surface area contributed by atoms with Crippen LogP contribution in [-0.4, -0.2) is 56.3 Å². The maximum atomic E-state index is 12.7. The molecular formula is C27H32N4O3. The summed E-state index contributed by atoms with van der Waals surface area (Å²) >= 11 is 0. The third-order valence-electron chi connectivity index (χ3n) is 6.14. The first-order chi connectivity index (χ1) is 16.5. The van der Waals surface area contributed by atoms with Crippen LogP contribution in [0, 0.1) is 0 Å². The van der Waals surface area contributed by atoms with Gasteiger partial charge in [-0.15, -0.1) is 0 Å². The second-order valence-corrected chi connectivity index (χ2v) is 8.55. The second-order valence-electron chi connectivity index (χ2n) is 8.55. The zero-order valence-corrected chi connectivity index (χ0v) is 19.8. The highest BCUT2D eigenvalue weighted by Gasteiger charge is 2.14. The van der Waals surface area contributed by atoms with E-state index in [9.17, 15) is 9.90 Å². The first-order valence-corrected chi connectivity index (χ1v) is 11.6. The molecular weight excluding hydrogens is 428 g/mol. The van der Waals surface area contributed by atoms with E-state index in [1.165, 1.54) is 12.1 Å². The van der Waals surface area contributed by atoms with Crippen LogP contribution in [-0.2, 0) is 6.54 Å². The number of carbonyl (C=O) groups excluding carboxylic acids is 1. The highest BCUT2D eigenvalue weighted by atomic mass is 16.5. The topological polar surface area (TPSA) is 77.1 Å². The lowest BCUT2D eigenvalue weighted by atomic mass is 10.1. The first-order valence-electron chi connectivity index (χ1n) is 11.6. The van der Waals surface area contributed by atoms with E-state index in [0.29, 0.717) is 29.2 Å². The third kappa shape index (κ3) is 5.80. The molecule has 0 radical (unpaired) electrons. The predicted octanol–water partition coefficient (Wildman–Crippen LogP) is 4.41. The standard InChI is InChI=1S/C27H32N4O3/c1-30-15-4-16-31(18-17-30)22-11-7-20(8-12-22)19-28-24-5-3-6-25(32)26(24)29-27(33)21-9-13-23(34-2)14-10-21/h3,5-14,28,32H,4,15-19H2,1-2H3,(H,29,33). The molecule has 178 valence electrons. The highest BCUT2D eigenvalue weighted by Crippen LogP contribution is 2.32. The molecule has 0 spiro atoms. The molecule has 1 aliphatic rings. The minimum atomic E-state index is -0.306. The number of carbonyl (C=O) groups is 1. The van der Waals surface area contributed by atoms with Crippen LogP contribution >= 0.6 is 0 Å². The van der Waals surface area contributed by atoms with E-state index in [-0.39, 0.29) is 11.7 Å². The minimum Gasteiger partial charge on any atom is -0.506 e. The predicted molar refractivity (Wildman–Crippen MR) is 137 cm³/mol. The Morgan fingerprint density at radius 3 is 2.47 bits per heavy atom. The smallest absolute Gasteiger partial charge is 0.255 e. The number of likely N-dealkylation sites (N-methyl/N-ethyl adjacent to an activating group) is 1. The van der Waals surface area contributed by atoms with Crippen molar-refractivity contribution in [2.75, 3.05) is 55.9 Å². The number of aromatic hydroxyl groups is 1. The Hall–Kier alpha value is -3.71. The molecule has 1 amide bonds. The number of methoxy groups -OCH3 is 1. The van der Waals surface area contributed by atoms with Crippen molar-refractivity contribution in [3.63, 3.8) is 0 Å². The molecule has 1 aliphatic heterocycles. The maximum Gasteiger partial charge on any atom is 0.255 e. The van der Waals surface area contributed by atoms with Crippen LogP contribution in [0.4, 0.5) is 17.1 Å². The van der Waals surface area contributed by atoms with E-state index in [1.807, 2.05) is 6.07 Å². The van der Waals surface area contributed by atoms with Crippen molar-refractivity contribution in [1.82, 2.24) is 4.90 Å². The van der Waals surface area contributed by atoms with Crippen molar-refractivity contribution in [2.24, 2.45) is 0 Å². The molecule has 1 fully saturated rings. The largest absolute Gasteiger partial charge is 0.506 e. The minimum absolute atomic E-state index is 0.00772. The van der Waals surface area contributed by atoms with Gasteiger partial charge in [-0.25, -0.2) is 0 Å². The van der Waals surface area contributed by atoms with Gasteiger partial charge in [0, 0.05) is 37.4 Å². The quantitative estimate of drug-likeness (QED) is 0.454. The van der Waals surface area contributed by atoms with Gasteiger partial charge in [0.2, 0.25) is 0 Å². The third-order valence-corrected chi connectivity index (χ3v) is 6.14. The van der Waals surface area contributed by atoms with Crippen LogP contribution in [0.1, 0.15) is 22.3 Å². The normalized spacial score (nSPS) is 14.4. The van der Waals surface area contributed by atoms with Gasteiger partial charge in [0.05, 0.1) is 12.8 Å². The summed E-state index contributed by atoms with van der Waals surface area (Å²) in [5.41, 5.74) is 3.84. The Labute approximate surface area is 201 Å². The number of rotatable bonds is 7. The Kier molecular flexibility index (Phi) is 7.54. The second kappa shape index (κ2) is 10.9. The lowest BCUT2D eigenvalue weighted by molar-refractivity contribution is 0.102. The summed E-state index contributed by atoms with van der Waals surface area (Å²) in [6.45, 7) is 4.89. The van der Waals surface area contributed by atoms with Crippen molar-refractivity contribution >= 4 is 23.0 Å². The molecule has 0 atom stereocenters. The molecule has 3 N–H and O–H groups in total. The number of nitrogens with zero attached hydrogens (tertiary/aromatic N) is 2. The number of nitrogens with one attached hydrogen (secondary N) is 2. The van der Waals surface area contributed by atoms with Crippen LogP contribution in [0.5, 0.6) is 11.5 Å². The zero-order valence-electron chi connectivity index (χ0n) is 19.8. The van der Waals surface area contributed by atoms with E-state index in [1.54, 1.807) is 43.5 Å². The van der Waals surface area contributed by atoms with Crippen molar-refractivity contribution in [2.45, 2.75) is 13.0 Å². The van der Waals surface area contributed by atoms with Crippen molar-refractivity contribution in [3.8, 4) is 11.5 Å². The van der Waals surface area contributed by atoms with Crippen LogP contribution in [0.25, 0.3) is 0 Å². The van der Waals surface area contributed by atoms with E-state index in [0.717, 1.165) is 31.7 Å². The average molecular weight is 461 g/mol. The Balaban J connectivity index is 1.41. The number of phenolic OH excluding ortho intramolecular Hbond substituents is 1. The van der Waals surface area contributed by atoms with Gasteiger partial charge in [-0.1, -0.05) is 18.2 Å². The molecule has 0 bridgehead atoms. The molecule has 1 saturated heterocycles. The number of hydrogen-bond acceptors (Lipinski definition) is 6. The molecule has 0 aliphatic carbocycles. The van der Waals surface area contributed by atoms with Crippen LogP contribution in [0.15, 0.2) is 66.7 Å². The molecule has 4 rings (SSSR count). The highest BCUT2D eigenvalue weighted by molar-refractivity contribution is 6.07. The SMILES string of the molecule is COc1ccc(C(=O)Nc2c(O)cccc2NCc2ccc(N3CCCN(C)CC3)cc2)cc1. The summed E-state index contributed by atoms with van der Waals surface area (Å²) in [5.74, 6) is 0.378. The fraction of sp³-hybridized carbons (Fsp3) is 0.296. The fourth-order valence-electron chi connectivity index (χ4n) is 4.07. The van der Waals surface area contributed by atoms with E-state index >= 15 is 0 Å². The number of ether oxygens (including phenoxy) is 1. The molecule has 7 nitrogen and oxygen atoms in total. The lowest BCUT2D eigenvalue weighted by Gasteiger charge is -2.23. The Morgan fingerprint density at radius 1 is 0.971 bits per heavy atom. The van der Waals surface area contributed by atoms with Gasteiger partial charge in [0.25, 0.3) is 5.91 Å². The summed E-state index contributed by atoms with van der Waals surface area (Å²) in [6.07, 6.45) is 1.17. The van der Waals surface area contributed by atoms with Crippen LogP contribution in [0.3, 0.4) is 0 Å². The molecule has 0 saturated carbocycles. The zero-order chi connectivity index (χ0) is 23.9. The summed E-state index contributed by atoms with van der Waals surface area (Å²) in [6, 6.07) is 20.5. The average Bonchev–Trinajstić information content (AvgIpc) is 3.09. The van der Waals surface area contributed by atoms with Gasteiger partial charge in [-0.05, 0) is 74.1 Å². The summed E-state index contributed by atoms with van der Waals surface area (Å²) in [5, 5.41) is 16.6. The molecule has 3 aromatic rings. The lowest BCUT2D eigenvalue weighted by Crippen LogP contribution is -2.28. The Bertz CT molecular complexity index is 1100. The number of benzene rings is 3. The van der Waals surface area contributed by atoms with Crippen LogP contribution in [0.2, 0.25) is 0 Å². The number of phenols is 1. The van der Waals surface area contributed by atoms with Gasteiger partial charge >= 0.3 is 0 Å². The molecule has 0 aromatic heterocycles. The number of hydrogen-bond donors (Lipinski definition) is 3. The van der Waals surface area contributed by atoms with Crippen LogP contribution < -0.4 is 20.3 Å². The summed E-state index contributed by atoms with van der Waals surface area (Å²) < 4.78 is 5.14. The van der Waals surface area contributed by atoms with E-state index in [4.69, 9.17) is 4.74 Å². The van der Waals surface area contributed by atoms with Gasteiger partial charge in [-0.2, -0.15) is 0 Å². The molecule has 0 unspecified atom stereocenters. The first kappa shape index (κ1) is 23.4. The Morgan fingerprint density at radius 2 is 1.74 bits per heavy atom. The molecule has 7 heteroatoms.